The molecule has 168 valence electrons. The summed E-state index contributed by atoms with van der Waals surface area (Å²) in [6.07, 6.45) is 0. The second kappa shape index (κ2) is 11.9. The summed E-state index contributed by atoms with van der Waals surface area (Å²) in [6.45, 7) is 8.87. The molecule has 0 aliphatic carbocycles. The second-order valence-electron chi connectivity index (χ2n) is 7.83. The molecule has 31 heavy (non-hydrogen) atoms. The molecular formula is C23H31ClIN5O. The van der Waals surface area contributed by atoms with Crippen LogP contribution in [0, 0.1) is 0 Å². The van der Waals surface area contributed by atoms with E-state index in [4.69, 9.17) is 22.1 Å². The van der Waals surface area contributed by atoms with Gasteiger partial charge in [0, 0.05) is 56.5 Å². The van der Waals surface area contributed by atoms with Gasteiger partial charge in [-0.25, -0.2) is 4.99 Å². The van der Waals surface area contributed by atoms with Crippen molar-refractivity contribution in [1.82, 2.24) is 9.80 Å². The van der Waals surface area contributed by atoms with Crippen LogP contribution in [0.1, 0.15) is 11.1 Å². The molecular weight excluding hydrogens is 525 g/mol. The first kappa shape index (κ1) is 24.1. The molecule has 2 aliphatic rings. The van der Waals surface area contributed by atoms with Crippen molar-refractivity contribution >= 4 is 47.2 Å². The minimum Gasteiger partial charge on any atom is -0.379 e. The first-order valence-electron chi connectivity index (χ1n) is 10.6. The summed E-state index contributed by atoms with van der Waals surface area (Å²) in [5.74, 6) is 0.628. The Bertz CT molecular complexity index is 832. The molecule has 2 aromatic rings. The third kappa shape index (κ3) is 6.97. The molecule has 4 rings (SSSR count). The van der Waals surface area contributed by atoms with E-state index in [2.05, 4.69) is 56.1 Å². The van der Waals surface area contributed by atoms with Gasteiger partial charge in [0.15, 0.2) is 5.96 Å². The number of hydrogen-bond acceptors (Lipinski definition) is 4. The van der Waals surface area contributed by atoms with Gasteiger partial charge in [0.2, 0.25) is 0 Å². The number of ether oxygens (including phenoxy) is 1. The molecule has 0 amide bonds. The van der Waals surface area contributed by atoms with E-state index >= 15 is 0 Å². The van der Waals surface area contributed by atoms with Gasteiger partial charge in [-0.1, -0.05) is 35.9 Å². The quantitative estimate of drug-likeness (QED) is 0.348. The molecule has 0 unspecified atom stereocenters. The highest BCUT2D eigenvalue weighted by molar-refractivity contribution is 14.0. The van der Waals surface area contributed by atoms with Crippen LogP contribution in [0.2, 0.25) is 5.02 Å². The SMILES string of the molecule is I.NC(=NCc1ccc(CN2CCOCC2)cc1)N1CCN(c2ccc(Cl)cc2)CC1. The number of nitrogens with two attached hydrogens (primary N) is 1. The molecule has 0 bridgehead atoms. The molecule has 2 aromatic carbocycles. The van der Waals surface area contributed by atoms with Crippen LogP contribution in [0.4, 0.5) is 5.69 Å². The first-order chi connectivity index (χ1) is 14.7. The molecule has 0 aromatic heterocycles. The maximum atomic E-state index is 6.28. The first-order valence-corrected chi connectivity index (χ1v) is 11.0. The lowest BCUT2D eigenvalue weighted by Crippen LogP contribution is -2.51. The maximum absolute atomic E-state index is 6.28. The van der Waals surface area contributed by atoms with Gasteiger partial charge in [0.05, 0.1) is 19.8 Å². The Kier molecular flexibility index (Phi) is 9.25. The molecule has 8 heteroatoms. The Morgan fingerprint density at radius 2 is 1.48 bits per heavy atom. The van der Waals surface area contributed by atoms with Gasteiger partial charge in [-0.15, -0.1) is 24.0 Å². The zero-order valence-corrected chi connectivity index (χ0v) is 20.8. The lowest BCUT2D eigenvalue weighted by atomic mass is 10.1. The van der Waals surface area contributed by atoms with Crippen molar-refractivity contribution in [2.75, 3.05) is 57.4 Å². The maximum Gasteiger partial charge on any atom is 0.191 e. The van der Waals surface area contributed by atoms with Crippen LogP contribution in [0.15, 0.2) is 53.5 Å². The van der Waals surface area contributed by atoms with E-state index in [1.165, 1.54) is 16.8 Å². The van der Waals surface area contributed by atoms with Crippen molar-refractivity contribution in [3.05, 3.63) is 64.7 Å². The van der Waals surface area contributed by atoms with Crippen molar-refractivity contribution in [2.45, 2.75) is 13.1 Å². The summed E-state index contributed by atoms with van der Waals surface area (Å²) in [7, 11) is 0. The van der Waals surface area contributed by atoms with Crippen LogP contribution in [0.5, 0.6) is 0 Å². The number of morpholine rings is 1. The van der Waals surface area contributed by atoms with Crippen molar-refractivity contribution in [3.8, 4) is 0 Å². The number of rotatable bonds is 5. The smallest absolute Gasteiger partial charge is 0.191 e. The molecule has 0 saturated carbocycles. The van der Waals surface area contributed by atoms with Crippen LogP contribution in [0.3, 0.4) is 0 Å². The van der Waals surface area contributed by atoms with Gasteiger partial charge < -0.3 is 20.3 Å². The number of aliphatic imine (C=N–C) groups is 1. The van der Waals surface area contributed by atoms with E-state index in [1.54, 1.807) is 0 Å². The van der Waals surface area contributed by atoms with Gasteiger partial charge in [-0.3, -0.25) is 4.90 Å². The van der Waals surface area contributed by atoms with Crippen LogP contribution in [-0.2, 0) is 17.8 Å². The van der Waals surface area contributed by atoms with Crippen LogP contribution in [-0.4, -0.2) is 68.2 Å². The van der Waals surface area contributed by atoms with Crippen molar-refractivity contribution < 1.29 is 4.74 Å². The van der Waals surface area contributed by atoms with E-state index in [9.17, 15) is 0 Å². The molecule has 6 nitrogen and oxygen atoms in total. The summed E-state index contributed by atoms with van der Waals surface area (Å²) < 4.78 is 5.41. The Hall–Kier alpha value is -1.55. The fraction of sp³-hybridized carbons (Fsp3) is 0.435. The van der Waals surface area contributed by atoms with Crippen molar-refractivity contribution in [3.63, 3.8) is 0 Å². The highest BCUT2D eigenvalue weighted by atomic mass is 127. The molecule has 2 fully saturated rings. The van der Waals surface area contributed by atoms with E-state index in [0.717, 1.165) is 64.0 Å². The Balaban J connectivity index is 0.00000272. The van der Waals surface area contributed by atoms with Crippen molar-refractivity contribution in [1.29, 1.82) is 0 Å². The van der Waals surface area contributed by atoms with E-state index < -0.39 is 0 Å². The van der Waals surface area contributed by atoms with Gasteiger partial charge in [0.25, 0.3) is 0 Å². The number of benzene rings is 2. The molecule has 2 heterocycles. The predicted octanol–water partition coefficient (Wildman–Crippen LogP) is 3.43. The summed E-state index contributed by atoms with van der Waals surface area (Å²) in [5, 5.41) is 0.767. The molecule has 0 radical (unpaired) electrons. The van der Waals surface area contributed by atoms with Crippen LogP contribution >= 0.6 is 35.6 Å². The zero-order valence-electron chi connectivity index (χ0n) is 17.8. The van der Waals surface area contributed by atoms with Crippen LogP contribution in [0.25, 0.3) is 0 Å². The standard InChI is InChI=1S/C23H30ClN5O.HI/c24-21-5-7-22(8-6-21)28-9-11-29(12-10-28)23(25)26-17-19-1-3-20(4-2-19)18-27-13-15-30-16-14-27;/h1-8H,9-18H2,(H2,25,26);1H. The summed E-state index contributed by atoms with van der Waals surface area (Å²) >= 11 is 5.99. The monoisotopic (exact) mass is 555 g/mol. The molecule has 0 spiro atoms. The minimum atomic E-state index is 0. The lowest BCUT2D eigenvalue weighted by Gasteiger charge is -2.36. The van der Waals surface area contributed by atoms with Gasteiger partial charge in [-0.05, 0) is 35.4 Å². The topological polar surface area (TPSA) is 57.3 Å². The second-order valence-corrected chi connectivity index (χ2v) is 8.27. The third-order valence-corrected chi connectivity index (χ3v) is 6.00. The van der Waals surface area contributed by atoms with E-state index in [0.29, 0.717) is 12.5 Å². The molecule has 2 saturated heterocycles. The Morgan fingerprint density at radius 3 is 2.13 bits per heavy atom. The summed E-state index contributed by atoms with van der Waals surface area (Å²) in [6, 6.07) is 16.7. The highest BCUT2D eigenvalue weighted by Gasteiger charge is 2.18. The fourth-order valence-corrected chi connectivity index (χ4v) is 4.01. The number of hydrogen-bond donors (Lipinski definition) is 1. The predicted molar refractivity (Wildman–Crippen MR) is 139 cm³/mol. The molecule has 2 aliphatic heterocycles. The Morgan fingerprint density at radius 1 is 0.871 bits per heavy atom. The third-order valence-electron chi connectivity index (χ3n) is 5.75. The van der Waals surface area contributed by atoms with Gasteiger partial charge >= 0.3 is 0 Å². The largest absolute Gasteiger partial charge is 0.379 e. The average molecular weight is 556 g/mol. The van der Waals surface area contributed by atoms with Crippen molar-refractivity contribution in [2.24, 2.45) is 10.7 Å². The number of nitrogens with zero attached hydrogens (tertiary/aromatic N) is 4. The number of piperazine rings is 1. The fourth-order valence-electron chi connectivity index (χ4n) is 3.89. The summed E-state index contributed by atoms with van der Waals surface area (Å²) in [4.78, 5) is 11.6. The normalized spacial score (nSPS) is 18.0. The highest BCUT2D eigenvalue weighted by Crippen LogP contribution is 2.19. The zero-order chi connectivity index (χ0) is 20.8. The van der Waals surface area contributed by atoms with Crippen LogP contribution < -0.4 is 10.6 Å². The summed E-state index contributed by atoms with van der Waals surface area (Å²) in [5.41, 5.74) is 9.99. The van der Waals surface area contributed by atoms with Gasteiger partial charge in [0.1, 0.15) is 0 Å². The number of anilines is 1. The Labute approximate surface area is 207 Å². The van der Waals surface area contributed by atoms with E-state index in [-0.39, 0.29) is 24.0 Å². The minimum absolute atomic E-state index is 0. The molecule has 2 N–H and O–H groups in total. The number of halogens is 2. The lowest BCUT2D eigenvalue weighted by molar-refractivity contribution is 0.0342. The molecule has 0 atom stereocenters. The van der Waals surface area contributed by atoms with Gasteiger partial charge in [-0.2, -0.15) is 0 Å². The average Bonchev–Trinajstić information content (AvgIpc) is 2.80. The van der Waals surface area contributed by atoms with E-state index in [1.807, 2.05) is 12.1 Å². The number of guanidine groups is 1.